The third-order valence-corrected chi connectivity index (χ3v) is 6.92. The quantitative estimate of drug-likeness (QED) is 0.356. The zero-order valence-electron chi connectivity index (χ0n) is 19.3. The number of rotatable bonds is 7. The van der Waals surface area contributed by atoms with E-state index < -0.39 is 23.1 Å². The zero-order chi connectivity index (χ0) is 23.5. The Morgan fingerprint density at radius 1 is 1.03 bits per heavy atom. The largest absolute Gasteiger partial charge is 0.465 e. The minimum Gasteiger partial charge on any atom is -0.465 e. The summed E-state index contributed by atoms with van der Waals surface area (Å²) in [7, 11) is 0. The van der Waals surface area contributed by atoms with Gasteiger partial charge in [0.05, 0.1) is 6.26 Å². The highest BCUT2D eigenvalue weighted by atomic mass is 16.6. The molecule has 2 aliphatic rings. The van der Waals surface area contributed by atoms with Gasteiger partial charge in [-0.2, -0.15) is 0 Å². The Morgan fingerprint density at radius 3 is 2.45 bits per heavy atom. The van der Waals surface area contributed by atoms with Crippen molar-refractivity contribution in [2.24, 2.45) is 0 Å². The van der Waals surface area contributed by atoms with Gasteiger partial charge in [-0.1, -0.05) is 19.6 Å². The lowest BCUT2D eigenvalue weighted by molar-refractivity contribution is -0.163. The topological polar surface area (TPSA) is 78.9 Å². The van der Waals surface area contributed by atoms with Gasteiger partial charge in [-0.05, 0) is 76.1 Å². The van der Waals surface area contributed by atoms with E-state index >= 15 is 0 Å². The highest BCUT2D eigenvalue weighted by molar-refractivity contribution is 5.87. The Kier molecular flexibility index (Phi) is 6.63. The normalized spacial score (nSPS) is 24.6. The molecule has 0 spiro atoms. The minimum absolute atomic E-state index is 0.0336. The lowest BCUT2D eigenvalue weighted by atomic mass is 9.75. The van der Waals surface area contributed by atoms with Crippen LogP contribution in [0.5, 0.6) is 0 Å². The van der Waals surface area contributed by atoms with Crippen LogP contribution in [0.25, 0.3) is 0 Å². The maximum Gasteiger partial charge on any atom is 0.334 e. The van der Waals surface area contributed by atoms with Gasteiger partial charge in [0.25, 0.3) is 0 Å². The number of ether oxygens (including phenoxy) is 2. The fourth-order valence-electron chi connectivity index (χ4n) is 5.22. The smallest absolute Gasteiger partial charge is 0.334 e. The molecule has 0 saturated heterocycles. The van der Waals surface area contributed by atoms with Crippen molar-refractivity contribution < 1.29 is 27.9 Å². The Balaban J connectivity index is 1.62. The molecule has 6 heteroatoms. The van der Waals surface area contributed by atoms with Gasteiger partial charge in [0, 0.05) is 24.0 Å². The molecule has 2 heterocycles. The monoisotopic (exact) mass is 452 g/mol. The van der Waals surface area contributed by atoms with E-state index in [-0.39, 0.29) is 5.92 Å². The van der Waals surface area contributed by atoms with E-state index in [1.54, 1.807) is 19.3 Å². The summed E-state index contributed by atoms with van der Waals surface area (Å²) >= 11 is 0. The third kappa shape index (κ3) is 4.70. The van der Waals surface area contributed by atoms with Crippen molar-refractivity contribution in [1.82, 2.24) is 0 Å². The number of carbonyl (C=O) groups excluding carboxylic acids is 2. The number of furan rings is 2. The molecular weight excluding hydrogens is 420 g/mol. The predicted molar refractivity (Wildman–Crippen MR) is 122 cm³/mol. The van der Waals surface area contributed by atoms with Gasteiger partial charge >= 0.3 is 11.9 Å². The van der Waals surface area contributed by atoms with E-state index in [9.17, 15) is 9.59 Å². The molecule has 33 heavy (non-hydrogen) atoms. The molecule has 176 valence electrons. The fourth-order valence-corrected chi connectivity index (χ4v) is 5.22. The molecule has 2 atom stereocenters. The maximum absolute atomic E-state index is 12.5. The van der Waals surface area contributed by atoms with Crippen LogP contribution >= 0.6 is 0 Å². The van der Waals surface area contributed by atoms with Gasteiger partial charge in [0.2, 0.25) is 0 Å². The Labute approximate surface area is 194 Å². The number of hydrogen-bond donors (Lipinski definition) is 0. The minimum atomic E-state index is -0.868. The number of hydrogen-bond acceptors (Lipinski definition) is 6. The molecule has 2 aromatic rings. The second-order valence-corrected chi connectivity index (χ2v) is 9.32. The van der Waals surface area contributed by atoms with Crippen molar-refractivity contribution in [3.05, 3.63) is 72.6 Å². The summed E-state index contributed by atoms with van der Waals surface area (Å²) in [6.07, 6.45) is 10.3. The van der Waals surface area contributed by atoms with Gasteiger partial charge in [0.15, 0.2) is 11.2 Å². The van der Waals surface area contributed by atoms with Crippen molar-refractivity contribution in [2.45, 2.75) is 81.8 Å². The highest BCUT2D eigenvalue weighted by Crippen LogP contribution is 2.49. The molecule has 6 nitrogen and oxygen atoms in total. The molecule has 2 aromatic heterocycles. The Hall–Kier alpha value is -3.02. The van der Waals surface area contributed by atoms with E-state index in [0.29, 0.717) is 29.9 Å². The zero-order valence-corrected chi connectivity index (χ0v) is 19.3. The van der Waals surface area contributed by atoms with Gasteiger partial charge in [-0.3, -0.25) is 0 Å². The van der Waals surface area contributed by atoms with Crippen LogP contribution in [0, 0.1) is 0 Å². The molecule has 0 aromatic carbocycles. The van der Waals surface area contributed by atoms with Gasteiger partial charge in [-0.15, -0.1) is 0 Å². The van der Waals surface area contributed by atoms with Crippen molar-refractivity contribution in [2.75, 3.05) is 0 Å². The van der Waals surface area contributed by atoms with Crippen molar-refractivity contribution in [3.8, 4) is 0 Å². The van der Waals surface area contributed by atoms with E-state index in [1.165, 1.54) is 6.08 Å². The molecule has 2 unspecified atom stereocenters. The first-order valence-electron chi connectivity index (χ1n) is 11.8. The molecule has 0 radical (unpaired) electrons. The van der Waals surface area contributed by atoms with Gasteiger partial charge < -0.3 is 18.3 Å². The second kappa shape index (κ2) is 9.46. The lowest BCUT2D eigenvalue weighted by Crippen LogP contribution is -2.37. The average Bonchev–Trinajstić information content (AvgIpc) is 3.53. The summed E-state index contributed by atoms with van der Waals surface area (Å²) in [6, 6.07) is 7.56. The van der Waals surface area contributed by atoms with E-state index in [0.717, 1.165) is 50.7 Å². The highest BCUT2D eigenvalue weighted by Gasteiger charge is 2.46. The van der Waals surface area contributed by atoms with Crippen LogP contribution in [0.15, 0.2) is 64.2 Å². The summed E-state index contributed by atoms with van der Waals surface area (Å²) in [5, 5.41) is 0. The van der Waals surface area contributed by atoms with Crippen LogP contribution in [-0.4, -0.2) is 11.9 Å². The van der Waals surface area contributed by atoms with Crippen LogP contribution < -0.4 is 0 Å². The van der Waals surface area contributed by atoms with Crippen LogP contribution in [-0.2, 0) is 30.3 Å². The van der Waals surface area contributed by atoms with Crippen molar-refractivity contribution >= 4 is 11.9 Å². The standard InChI is InChI=1S/C27H32O6/c1-4-24(28)32-26(14-6-5-7-15-26)23-13-12-21(31-23)20-10-8-16-27(18-20,22-11-9-17-30-22)33-25(29)19(2)3/h4,9,11-13,17,20H,1-2,5-8,10,14-16,18H2,3H3. The summed E-state index contributed by atoms with van der Waals surface area (Å²) in [5.74, 6) is 1.30. The number of esters is 2. The molecular formula is C27H32O6. The Bertz CT molecular complexity index is 1010. The molecule has 4 rings (SSSR count). The molecule has 0 N–H and O–H groups in total. The predicted octanol–water partition coefficient (Wildman–Crippen LogP) is 6.43. The van der Waals surface area contributed by atoms with Crippen LogP contribution in [0.1, 0.15) is 87.9 Å². The summed E-state index contributed by atoms with van der Waals surface area (Å²) in [6.45, 7) is 8.92. The number of carbonyl (C=O) groups is 2. The first-order valence-corrected chi connectivity index (χ1v) is 11.8. The SMILES string of the molecule is C=CC(=O)OC1(c2ccc(C3CCCC(OC(=O)C(=C)C)(c4ccco4)C3)o2)CCCCC1. The molecule has 0 bridgehead atoms. The average molecular weight is 453 g/mol. The molecule has 0 amide bonds. The van der Waals surface area contributed by atoms with Crippen LogP contribution in [0.2, 0.25) is 0 Å². The van der Waals surface area contributed by atoms with E-state index in [1.807, 2.05) is 18.2 Å². The molecule has 2 fully saturated rings. The van der Waals surface area contributed by atoms with Crippen molar-refractivity contribution in [3.63, 3.8) is 0 Å². The van der Waals surface area contributed by atoms with Gasteiger partial charge in [-0.25, -0.2) is 9.59 Å². The second-order valence-electron chi connectivity index (χ2n) is 9.32. The lowest BCUT2D eigenvalue weighted by Gasteiger charge is -2.38. The first kappa shape index (κ1) is 23.1. The Morgan fingerprint density at radius 2 is 1.79 bits per heavy atom. The molecule has 0 aliphatic heterocycles. The summed E-state index contributed by atoms with van der Waals surface area (Å²) < 4.78 is 23.9. The first-order chi connectivity index (χ1) is 15.9. The van der Waals surface area contributed by atoms with Crippen LogP contribution in [0.4, 0.5) is 0 Å². The van der Waals surface area contributed by atoms with Crippen molar-refractivity contribution in [1.29, 1.82) is 0 Å². The van der Waals surface area contributed by atoms with E-state index in [2.05, 4.69) is 13.2 Å². The fraction of sp³-hybridized carbons (Fsp3) is 0.481. The maximum atomic E-state index is 12.5. The van der Waals surface area contributed by atoms with E-state index in [4.69, 9.17) is 18.3 Å². The third-order valence-electron chi connectivity index (χ3n) is 6.92. The summed E-state index contributed by atoms with van der Waals surface area (Å²) in [5.41, 5.74) is -1.26. The summed E-state index contributed by atoms with van der Waals surface area (Å²) in [4.78, 5) is 24.6. The van der Waals surface area contributed by atoms with Gasteiger partial charge in [0.1, 0.15) is 17.3 Å². The molecule has 2 saturated carbocycles. The van der Waals surface area contributed by atoms with Crippen LogP contribution in [0.3, 0.4) is 0 Å². The molecule has 2 aliphatic carbocycles.